The van der Waals surface area contributed by atoms with E-state index >= 15 is 0 Å². The molecular weight excluding hydrogens is 184 g/mol. The molecule has 5 heteroatoms. The van der Waals surface area contributed by atoms with E-state index in [1.54, 1.807) is 11.9 Å². The number of nitrogens with one attached hydrogen (secondary N) is 1. The number of hydrogen-bond donors (Lipinski definition) is 2. The molecule has 1 saturated heterocycles. The number of carbonyl (C=O) groups excluding carboxylic acids is 1. The summed E-state index contributed by atoms with van der Waals surface area (Å²) in [5.41, 5.74) is 0. The Bertz CT molecular complexity index is 242. The molecule has 0 aliphatic carbocycles. The van der Waals surface area contributed by atoms with Gasteiger partial charge in [0.05, 0.1) is 12.5 Å². The van der Waals surface area contributed by atoms with E-state index in [2.05, 4.69) is 5.32 Å². The Morgan fingerprint density at radius 3 is 2.57 bits per heavy atom. The largest absolute Gasteiger partial charge is 0.481 e. The summed E-state index contributed by atoms with van der Waals surface area (Å²) in [5.74, 6) is -1.19. The Morgan fingerprint density at radius 1 is 1.50 bits per heavy atom. The molecule has 0 aromatic carbocycles. The highest BCUT2D eigenvalue weighted by Crippen LogP contribution is 2.22. The van der Waals surface area contributed by atoms with Crippen molar-refractivity contribution in [2.45, 2.75) is 6.92 Å². The maximum Gasteiger partial charge on any atom is 0.308 e. The second kappa shape index (κ2) is 4.41. The zero-order valence-corrected chi connectivity index (χ0v) is 8.49. The molecule has 1 heterocycles. The molecule has 2 atom stereocenters. The Labute approximate surface area is 83.1 Å². The lowest BCUT2D eigenvalue weighted by molar-refractivity contribution is -0.142. The van der Waals surface area contributed by atoms with Crippen molar-refractivity contribution in [1.29, 1.82) is 0 Å². The van der Waals surface area contributed by atoms with Gasteiger partial charge < -0.3 is 15.3 Å². The molecule has 80 valence electrons. The first-order valence-electron chi connectivity index (χ1n) is 4.71. The van der Waals surface area contributed by atoms with Crippen molar-refractivity contribution in [3.63, 3.8) is 0 Å². The van der Waals surface area contributed by atoms with Gasteiger partial charge in [0, 0.05) is 13.1 Å². The lowest BCUT2D eigenvalue weighted by Crippen LogP contribution is -2.36. The average Bonchev–Trinajstić information content (AvgIpc) is 2.48. The molecule has 5 nitrogen and oxygen atoms in total. The van der Waals surface area contributed by atoms with Crippen LogP contribution in [0.2, 0.25) is 0 Å². The Balaban J connectivity index is 2.54. The summed E-state index contributed by atoms with van der Waals surface area (Å²) in [6.45, 7) is 3.04. The topological polar surface area (TPSA) is 69.6 Å². The van der Waals surface area contributed by atoms with Gasteiger partial charge in [-0.25, -0.2) is 0 Å². The number of likely N-dealkylation sites (tertiary alicyclic amines) is 1. The lowest BCUT2D eigenvalue weighted by atomic mass is 9.99. The Hall–Kier alpha value is -1.10. The molecule has 1 fully saturated rings. The quantitative estimate of drug-likeness (QED) is 0.637. The van der Waals surface area contributed by atoms with Gasteiger partial charge in [-0.15, -0.1) is 0 Å². The van der Waals surface area contributed by atoms with E-state index in [1.165, 1.54) is 0 Å². The molecular formula is C9H16N2O3. The van der Waals surface area contributed by atoms with E-state index in [1.807, 2.05) is 6.92 Å². The standard InChI is InChI=1S/C9H16N2O3/c1-6-4-11(8(12)3-10-2)5-7(6)9(13)14/h6-7,10H,3-5H2,1-2H3,(H,13,14). The van der Waals surface area contributed by atoms with E-state index in [-0.39, 0.29) is 18.4 Å². The van der Waals surface area contributed by atoms with Crippen molar-refractivity contribution in [3.8, 4) is 0 Å². The molecule has 1 amide bonds. The number of aliphatic carboxylic acids is 1. The maximum absolute atomic E-state index is 11.4. The Kier molecular flexibility index (Phi) is 3.46. The predicted molar refractivity (Wildman–Crippen MR) is 50.8 cm³/mol. The van der Waals surface area contributed by atoms with E-state index in [4.69, 9.17) is 5.11 Å². The summed E-state index contributed by atoms with van der Waals surface area (Å²) in [6, 6.07) is 0. The van der Waals surface area contributed by atoms with Crippen LogP contribution in [0.1, 0.15) is 6.92 Å². The van der Waals surface area contributed by atoms with Crippen molar-refractivity contribution >= 4 is 11.9 Å². The summed E-state index contributed by atoms with van der Waals surface area (Å²) in [4.78, 5) is 23.8. The molecule has 1 aliphatic rings. The van der Waals surface area contributed by atoms with E-state index in [0.29, 0.717) is 13.1 Å². The third kappa shape index (κ3) is 2.23. The second-order valence-electron chi connectivity index (χ2n) is 3.75. The third-order valence-corrected chi connectivity index (χ3v) is 2.61. The number of carboxylic acids is 1. The molecule has 1 rings (SSSR count). The minimum Gasteiger partial charge on any atom is -0.481 e. The van der Waals surface area contributed by atoms with Crippen molar-refractivity contribution in [1.82, 2.24) is 10.2 Å². The van der Waals surface area contributed by atoms with E-state index in [9.17, 15) is 9.59 Å². The van der Waals surface area contributed by atoms with E-state index in [0.717, 1.165) is 0 Å². The van der Waals surface area contributed by atoms with Crippen LogP contribution in [0.3, 0.4) is 0 Å². The summed E-state index contributed by atoms with van der Waals surface area (Å²) < 4.78 is 0. The highest BCUT2D eigenvalue weighted by molar-refractivity contribution is 5.80. The number of rotatable bonds is 3. The van der Waals surface area contributed by atoms with Crippen LogP contribution >= 0.6 is 0 Å². The monoisotopic (exact) mass is 200 g/mol. The molecule has 0 bridgehead atoms. The number of carbonyl (C=O) groups is 2. The highest BCUT2D eigenvalue weighted by atomic mass is 16.4. The minimum atomic E-state index is -0.808. The summed E-state index contributed by atoms with van der Waals surface area (Å²) >= 11 is 0. The SMILES string of the molecule is CNCC(=O)N1CC(C)C(C(=O)O)C1. The summed E-state index contributed by atoms with van der Waals surface area (Å²) in [5, 5.41) is 11.6. The number of likely N-dealkylation sites (N-methyl/N-ethyl adjacent to an activating group) is 1. The van der Waals surface area contributed by atoms with E-state index < -0.39 is 11.9 Å². The van der Waals surface area contributed by atoms with Crippen LogP contribution in [0.25, 0.3) is 0 Å². The Morgan fingerprint density at radius 2 is 2.14 bits per heavy atom. The first-order chi connectivity index (χ1) is 6.56. The van der Waals surface area contributed by atoms with Gasteiger partial charge in [0.1, 0.15) is 0 Å². The molecule has 2 unspecified atom stereocenters. The lowest BCUT2D eigenvalue weighted by Gasteiger charge is -2.15. The van der Waals surface area contributed by atoms with Gasteiger partial charge in [0.15, 0.2) is 0 Å². The fraction of sp³-hybridized carbons (Fsp3) is 0.778. The van der Waals surface area contributed by atoms with Gasteiger partial charge in [-0.1, -0.05) is 6.92 Å². The van der Waals surface area contributed by atoms with Gasteiger partial charge in [-0.3, -0.25) is 9.59 Å². The van der Waals surface area contributed by atoms with Crippen molar-refractivity contribution in [3.05, 3.63) is 0 Å². The molecule has 0 radical (unpaired) electrons. The van der Waals surface area contributed by atoms with Crippen LogP contribution in [0, 0.1) is 11.8 Å². The fourth-order valence-corrected chi connectivity index (χ4v) is 1.75. The van der Waals surface area contributed by atoms with Crippen LogP contribution < -0.4 is 5.32 Å². The average molecular weight is 200 g/mol. The van der Waals surface area contributed by atoms with Gasteiger partial charge >= 0.3 is 5.97 Å². The molecule has 14 heavy (non-hydrogen) atoms. The number of carboxylic acid groups (broad SMARTS) is 1. The van der Waals surface area contributed by atoms with Crippen LogP contribution in [0.15, 0.2) is 0 Å². The van der Waals surface area contributed by atoms with Crippen LogP contribution in [0.5, 0.6) is 0 Å². The molecule has 2 N–H and O–H groups in total. The highest BCUT2D eigenvalue weighted by Gasteiger charge is 2.36. The molecule has 0 aromatic heterocycles. The van der Waals surface area contributed by atoms with Crippen molar-refractivity contribution in [2.24, 2.45) is 11.8 Å². The van der Waals surface area contributed by atoms with Crippen LogP contribution in [-0.2, 0) is 9.59 Å². The predicted octanol–water partition coefficient (Wildman–Crippen LogP) is -0.615. The second-order valence-corrected chi connectivity index (χ2v) is 3.75. The van der Waals surface area contributed by atoms with Gasteiger partial charge in [0.2, 0.25) is 5.91 Å². The molecule has 1 aliphatic heterocycles. The normalized spacial score (nSPS) is 26.6. The molecule has 0 aromatic rings. The van der Waals surface area contributed by atoms with Crippen LogP contribution in [0.4, 0.5) is 0 Å². The summed E-state index contributed by atoms with van der Waals surface area (Å²) in [7, 11) is 1.70. The zero-order valence-electron chi connectivity index (χ0n) is 8.49. The first-order valence-corrected chi connectivity index (χ1v) is 4.71. The molecule has 0 saturated carbocycles. The number of hydrogen-bond acceptors (Lipinski definition) is 3. The van der Waals surface area contributed by atoms with Crippen molar-refractivity contribution in [2.75, 3.05) is 26.7 Å². The minimum absolute atomic E-state index is 0.0249. The first kappa shape index (κ1) is 11.0. The van der Waals surface area contributed by atoms with Crippen LogP contribution in [-0.4, -0.2) is 48.6 Å². The summed E-state index contributed by atoms with van der Waals surface area (Å²) in [6.07, 6.45) is 0. The zero-order chi connectivity index (χ0) is 10.7. The third-order valence-electron chi connectivity index (χ3n) is 2.61. The van der Waals surface area contributed by atoms with Gasteiger partial charge in [-0.2, -0.15) is 0 Å². The number of nitrogens with zero attached hydrogens (tertiary/aromatic N) is 1. The number of amides is 1. The smallest absolute Gasteiger partial charge is 0.308 e. The molecule has 0 spiro atoms. The maximum atomic E-state index is 11.4. The van der Waals surface area contributed by atoms with Gasteiger partial charge in [-0.05, 0) is 13.0 Å². The van der Waals surface area contributed by atoms with Gasteiger partial charge in [0.25, 0.3) is 0 Å². The van der Waals surface area contributed by atoms with Crippen molar-refractivity contribution < 1.29 is 14.7 Å². The fourth-order valence-electron chi connectivity index (χ4n) is 1.75.